The quantitative estimate of drug-likeness (QED) is 0.272. The number of nitrogens with one attached hydrogen (secondary N) is 1. The molecule has 5 rings (SSSR count). The highest BCUT2D eigenvalue weighted by Gasteiger charge is 2.28. The number of carbonyl (C=O) groups is 1. The Morgan fingerprint density at radius 1 is 1.07 bits per heavy atom. The van der Waals surface area contributed by atoms with Gasteiger partial charge in [0.15, 0.2) is 0 Å². The minimum absolute atomic E-state index is 0.122. The van der Waals surface area contributed by atoms with E-state index in [9.17, 15) is 4.79 Å². The summed E-state index contributed by atoms with van der Waals surface area (Å²) >= 11 is 6.86. The fourth-order valence-corrected chi connectivity index (χ4v) is 6.18. The maximum Gasteiger partial charge on any atom is 0.228 e. The smallest absolute Gasteiger partial charge is 0.228 e. The number of carbonyl (C=O) groups excluding carboxylic acids is 1. The van der Waals surface area contributed by atoms with Gasteiger partial charge < -0.3 is 10.1 Å². The molecule has 42 heavy (non-hydrogen) atoms. The fourth-order valence-electron chi connectivity index (χ4n) is 5.96. The lowest BCUT2D eigenvalue weighted by Gasteiger charge is -2.33. The highest BCUT2D eigenvalue weighted by atomic mass is 35.5. The molecular weight excluding hydrogens is 540 g/mol. The van der Waals surface area contributed by atoms with E-state index in [1.807, 2.05) is 56.3 Å². The van der Waals surface area contributed by atoms with Gasteiger partial charge in [-0.15, -0.1) is 0 Å². The highest BCUT2D eigenvalue weighted by molar-refractivity contribution is 6.31. The van der Waals surface area contributed by atoms with Gasteiger partial charge in [0.1, 0.15) is 11.5 Å². The molecule has 1 amide bonds. The predicted molar refractivity (Wildman–Crippen MR) is 173 cm³/mol. The van der Waals surface area contributed by atoms with Crippen LogP contribution in [0.3, 0.4) is 0 Å². The molecule has 0 saturated carbocycles. The van der Waals surface area contributed by atoms with Crippen LogP contribution in [0.5, 0.6) is 5.75 Å². The first-order chi connectivity index (χ1) is 20.4. The van der Waals surface area contributed by atoms with Crippen LogP contribution in [0.15, 0.2) is 109 Å². The molecule has 0 unspecified atom stereocenters. The summed E-state index contributed by atoms with van der Waals surface area (Å²) in [4.78, 5) is 15.7. The monoisotopic (exact) mass is 578 g/mol. The van der Waals surface area contributed by atoms with Gasteiger partial charge in [-0.05, 0) is 81.5 Å². The van der Waals surface area contributed by atoms with Crippen LogP contribution in [0.25, 0.3) is 5.57 Å². The molecule has 3 aromatic rings. The molecule has 2 aliphatic heterocycles. The molecule has 1 fully saturated rings. The Labute approximate surface area is 255 Å². The largest absolute Gasteiger partial charge is 0.457 e. The predicted octanol–water partition coefficient (Wildman–Crippen LogP) is 8.72. The van der Waals surface area contributed by atoms with Crippen LogP contribution in [0, 0.1) is 6.92 Å². The lowest BCUT2D eigenvalue weighted by Crippen LogP contribution is -2.32. The summed E-state index contributed by atoms with van der Waals surface area (Å²) in [6, 6.07) is 23.1. The molecule has 2 heterocycles. The van der Waals surface area contributed by atoms with Gasteiger partial charge in [0.05, 0.1) is 6.42 Å². The van der Waals surface area contributed by atoms with Gasteiger partial charge in [-0.25, -0.2) is 0 Å². The minimum Gasteiger partial charge on any atom is -0.457 e. The first kappa shape index (κ1) is 29.6. The molecule has 1 N–H and O–H groups in total. The third-order valence-corrected chi connectivity index (χ3v) is 8.48. The van der Waals surface area contributed by atoms with Crippen molar-refractivity contribution in [1.82, 2.24) is 10.2 Å². The highest BCUT2D eigenvalue weighted by Crippen LogP contribution is 2.44. The second kappa shape index (κ2) is 13.4. The van der Waals surface area contributed by atoms with E-state index in [0.29, 0.717) is 22.4 Å². The molecule has 5 heteroatoms. The zero-order valence-electron chi connectivity index (χ0n) is 24.8. The Bertz CT molecular complexity index is 1560. The first-order valence-corrected chi connectivity index (χ1v) is 15.1. The second-order valence-corrected chi connectivity index (χ2v) is 11.5. The van der Waals surface area contributed by atoms with E-state index in [2.05, 4.69) is 66.2 Å². The van der Waals surface area contributed by atoms with Crippen LogP contribution in [0.1, 0.15) is 66.8 Å². The maximum atomic E-state index is 13.2. The number of rotatable bonds is 8. The standard InChI is InChI=1S/C37H39ClN2O2/c1-5-11-31(6-2)39-36(41)22-32-26(4)42-35-23-34(38)30(21-33(35)37(32)28-13-8-7-9-14-28)24-40-18-16-27(17-19-40)29-15-10-12-25(3)20-29/h5-15,20-21,23,27H,4,16-19,22,24H2,1-3H3,(H,39,41)/b11-5-,31-6+. The summed E-state index contributed by atoms with van der Waals surface area (Å²) < 4.78 is 6.22. The number of fused-ring (bicyclic) bond motifs is 1. The number of allylic oxidation sites excluding steroid dienone is 4. The van der Waals surface area contributed by atoms with Crippen molar-refractivity contribution in [3.8, 4) is 5.75 Å². The number of hydrogen-bond donors (Lipinski definition) is 1. The number of halogens is 1. The van der Waals surface area contributed by atoms with Crippen LogP contribution in [-0.2, 0) is 11.3 Å². The molecule has 3 aromatic carbocycles. The van der Waals surface area contributed by atoms with Crippen molar-refractivity contribution in [2.75, 3.05) is 13.1 Å². The number of nitrogens with zero attached hydrogens (tertiary/aromatic N) is 1. The normalized spacial score (nSPS) is 16.5. The van der Waals surface area contributed by atoms with E-state index in [1.54, 1.807) is 0 Å². The number of likely N-dealkylation sites (tertiary alicyclic amines) is 1. The summed E-state index contributed by atoms with van der Waals surface area (Å²) in [5.74, 6) is 1.60. The second-order valence-electron chi connectivity index (χ2n) is 11.1. The maximum absolute atomic E-state index is 13.2. The number of hydrogen-bond acceptors (Lipinski definition) is 3. The van der Waals surface area contributed by atoms with E-state index >= 15 is 0 Å². The topological polar surface area (TPSA) is 41.6 Å². The third-order valence-electron chi connectivity index (χ3n) is 8.13. The number of ether oxygens (including phenoxy) is 1. The Balaban J connectivity index is 1.43. The van der Waals surface area contributed by atoms with Crippen molar-refractivity contribution in [3.05, 3.63) is 141 Å². The number of amides is 1. The van der Waals surface area contributed by atoms with Crippen LogP contribution < -0.4 is 10.1 Å². The average Bonchev–Trinajstić information content (AvgIpc) is 2.99. The first-order valence-electron chi connectivity index (χ1n) is 14.7. The zero-order chi connectivity index (χ0) is 29.6. The Morgan fingerprint density at radius 2 is 1.83 bits per heavy atom. The molecule has 0 aliphatic carbocycles. The number of piperidine rings is 1. The Kier molecular flexibility index (Phi) is 9.46. The molecule has 2 aliphatic rings. The Morgan fingerprint density at radius 3 is 2.52 bits per heavy atom. The summed E-state index contributed by atoms with van der Waals surface area (Å²) in [6.45, 7) is 13.0. The van der Waals surface area contributed by atoms with Gasteiger partial charge in [-0.1, -0.05) is 90.5 Å². The van der Waals surface area contributed by atoms with Crippen molar-refractivity contribution in [2.24, 2.45) is 0 Å². The van der Waals surface area contributed by atoms with Crippen molar-refractivity contribution in [3.63, 3.8) is 0 Å². The molecule has 0 bridgehead atoms. The molecule has 0 aromatic heterocycles. The van der Waals surface area contributed by atoms with Crippen LogP contribution in [-0.4, -0.2) is 23.9 Å². The lowest BCUT2D eigenvalue weighted by molar-refractivity contribution is -0.119. The number of aryl methyl sites for hydroxylation is 1. The van der Waals surface area contributed by atoms with Crippen molar-refractivity contribution >= 4 is 23.1 Å². The van der Waals surface area contributed by atoms with E-state index in [0.717, 1.165) is 66.0 Å². The van der Waals surface area contributed by atoms with Gasteiger partial charge >= 0.3 is 0 Å². The van der Waals surface area contributed by atoms with Crippen LogP contribution in [0.2, 0.25) is 5.02 Å². The molecule has 0 radical (unpaired) electrons. The van der Waals surface area contributed by atoms with Crippen LogP contribution in [0.4, 0.5) is 0 Å². The molecule has 216 valence electrons. The summed E-state index contributed by atoms with van der Waals surface area (Å²) in [7, 11) is 0. The Hall–Kier alpha value is -3.86. The van der Waals surface area contributed by atoms with Crippen molar-refractivity contribution in [2.45, 2.75) is 52.5 Å². The summed E-state index contributed by atoms with van der Waals surface area (Å²) in [5.41, 5.74) is 8.26. The average molecular weight is 579 g/mol. The summed E-state index contributed by atoms with van der Waals surface area (Å²) in [5, 5.41) is 3.68. The molecule has 0 atom stereocenters. The summed E-state index contributed by atoms with van der Waals surface area (Å²) in [6.07, 6.45) is 8.06. The van der Waals surface area contributed by atoms with Gasteiger partial charge in [-0.3, -0.25) is 9.69 Å². The SMILES string of the molecule is C=C1Oc2cc(Cl)c(CN3CCC(c4cccc(C)c4)CC3)cc2C(c2ccccc2)=C1CC(=O)NC(/C=C\C)=C/C. The van der Waals surface area contributed by atoms with Crippen molar-refractivity contribution < 1.29 is 9.53 Å². The molecule has 0 spiro atoms. The van der Waals surface area contributed by atoms with E-state index in [1.165, 1.54) is 11.1 Å². The van der Waals surface area contributed by atoms with Gasteiger partial charge in [0.2, 0.25) is 5.91 Å². The minimum atomic E-state index is -0.122. The fraction of sp³-hybridized carbons (Fsp3) is 0.270. The van der Waals surface area contributed by atoms with E-state index < -0.39 is 0 Å². The number of benzene rings is 3. The van der Waals surface area contributed by atoms with E-state index in [4.69, 9.17) is 16.3 Å². The van der Waals surface area contributed by atoms with Gasteiger partial charge in [-0.2, -0.15) is 0 Å². The molecular formula is C37H39ClN2O2. The van der Waals surface area contributed by atoms with E-state index in [-0.39, 0.29) is 12.3 Å². The third kappa shape index (κ3) is 6.78. The molecule has 1 saturated heterocycles. The van der Waals surface area contributed by atoms with Gasteiger partial charge in [0.25, 0.3) is 0 Å². The lowest BCUT2D eigenvalue weighted by atomic mass is 9.87. The zero-order valence-corrected chi connectivity index (χ0v) is 25.5. The van der Waals surface area contributed by atoms with Crippen molar-refractivity contribution in [1.29, 1.82) is 0 Å². The van der Waals surface area contributed by atoms with Gasteiger partial charge in [0, 0.05) is 40.0 Å². The molecule has 4 nitrogen and oxygen atoms in total. The van der Waals surface area contributed by atoms with Crippen LogP contribution >= 0.6 is 11.6 Å².